The first-order valence-electron chi connectivity index (χ1n) is 7.77. The van der Waals surface area contributed by atoms with Crippen molar-refractivity contribution in [2.45, 2.75) is 50.5 Å². The van der Waals surface area contributed by atoms with Gasteiger partial charge in [0.1, 0.15) is 5.75 Å². The standard InChI is InChI=1S/C17H25NO/c1-18-16(13-6-2-3-7-13)11-10-14-12-19-17-9-5-4-8-15(14)17/h4-5,8-9,13-14,16,18H,2-3,6-7,10-12H2,1H3. The number of para-hydroxylation sites is 1. The van der Waals surface area contributed by atoms with Crippen LogP contribution in [0.2, 0.25) is 0 Å². The largest absolute Gasteiger partial charge is 0.493 e. The second-order valence-electron chi connectivity index (χ2n) is 6.06. The second-order valence-corrected chi connectivity index (χ2v) is 6.06. The molecule has 0 aromatic heterocycles. The van der Waals surface area contributed by atoms with Crippen molar-refractivity contribution in [2.24, 2.45) is 5.92 Å². The summed E-state index contributed by atoms with van der Waals surface area (Å²) < 4.78 is 5.78. The summed E-state index contributed by atoms with van der Waals surface area (Å²) in [6, 6.07) is 9.23. The zero-order valence-corrected chi connectivity index (χ0v) is 11.9. The summed E-state index contributed by atoms with van der Waals surface area (Å²) in [5, 5.41) is 3.55. The quantitative estimate of drug-likeness (QED) is 0.870. The Morgan fingerprint density at radius 1 is 1.26 bits per heavy atom. The average molecular weight is 259 g/mol. The Morgan fingerprint density at radius 2 is 2.05 bits per heavy atom. The van der Waals surface area contributed by atoms with Gasteiger partial charge in [0.25, 0.3) is 0 Å². The van der Waals surface area contributed by atoms with E-state index in [-0.39, 0.29) is 0 Å². The molecule has 0 radical (unpaired) electrons. The molecular formula is C17H25NO. The Kier molecular flexibility index (Phi) is 4.07. The van der Waals surface area contributed by atoms with Crippen molar-refractivity contribution in [3.63, 3.8) is 0 Å². The van der Waals surface area contributed by atoms with Crippen molar-refractivity contribution in [3.8, 4) is 5.75 Å². The average Bonchev–Trinajstić information content (AvgIpc) is 3.09. The van der Waals surface area contributed by atoms with Crippen LogP contribution in [0.3, 0.4) is 0 Å². The Bertz CT molecular complexity index is 411. The molecule has 2 unspecified atom stereocenters. The van der Waals surface area contributed by atoms with E-state index in [4.69, 9.17) is 4.74 Å². The number of rotatable bonds is 5. The molecule has 1 fully saturated rings. The molecule has 3 rings (SSSR count). The van der Waals surface area contributed by atoms with Gasteiger partial charge in [0.05, 0.1) is 6.61 Å². The van der Waals surface area contributed by atoms with Gasteiger partial charge in [-0.1, -0.05) is 31.0 Å². The molecule has 1 heterocycles. The van der Waals surface area contributed by atoms with Gasteiger partial charge < -0.3 is 10.1 Å². The van der Waals surface area contributed by atoms with E-state index in [1.54, 1.807) is 0 Å². The number of fused-ring (bicyclic) bond motifs is 1. The molecule has 2 heteroatoms. The molecule has 0 saturated heterocycles. The van der Waals surface area contributed by atoms with Crippen LogP contribution in [0.15, 0.2) is 24.3 Å². The van der Waals surface area contributed by atoms with Crippen molar-refractivity contribution in [2.75, 3.05) is 13.7 Å². The van der Waals surface area contributed by atoms with Gasteiger partial charge in [-0.05, 0) is 44.7 Å². The number of benzene rings is 1. The Morgan fingerprint density at radius 3 is 2.84 bits per heavy atom. The maximum atomic E-state index is 5.78. The van der Waals surface area contributed by atoms with Crippen molar-refractivity contribution < 1.29 is 4.74 Å². The summed E-state index contributed by atoms with van der Waals surface area (Å²) in [6.07, 6.45) is 8.23. The fraction of sp³-hybridized carbons (Fsp3) is 0.647. The molecule has 0 spiro atoms. The highest BCUT2D eigenvalue weighted by atomic mass is 16.5. The van der Waals surface area contributed by atoms with E-state index >= 15 is 0 Å². The predicted octanol–water partition coefficient (Wildman–Crippen LogP) is 3.72. The van der Waals surface area contributed by atoms with E-state index in [9.17, 15) is 0 Å². The molecule has 1 aromatic carbocycles. The van der Waals surface area contributed by atoms with Crippen LogP contribution in [0.4, 0.5) is 0 Å². The first-order valence-corrected chi connectivity index (χ1v) is 7.77. The molecule has 1 aliphatic carbocycles. The van der Waals surface area contributed by atoms with E-state index in [0.717, 1.165) is 18.3 Å². The second kappa shape index (κ2) is 5.96. The maximum absolute atomic E-state index is 5.78. The smallest absolute Gasteiger partial charge is 0.122 e. The lowest BCUT2D eigenvalue weighted by molar-refractivity contribution is 0.301. The third-order valence-corrected chi connectivity index (χ3v) is 4.96. The molecule has 1 saturated carbocycles. The zero-order valence-electron chi connectivity index (χ0n) is 11.9. The van der Waals surface area contributed by atoms with E-state index in [0.29, 0.717) is 12.0 Å². The highest BCUT2D eigenvalue weighted by Crippen LogP contribution is 2.37. The molecular weight excluding hydrogens is 234 g/mol. The Labute approximate surface area is 116 Å². The lowest BCUT2D eigenvalue weighted by atomic mass is 9.89. The van der Waals surface area contributed by atoms with Crippen LogP contribution in [0.1, 0.15) is 50.0 Å². The fourth-order valence-electron chi connectivity index (χ4n) is 3.82. The summed E-state index contributed by atoms with van der Waals surface area (Å²) >= 11 is 0. The summed E-state index contributed by atoms with van der Waals surface area (Å²) in [5.41, 5.74) is 1.42. The highest BCUT2D eigenvalue weighted by Gasteiger charge is 2.27. The van der Waals surface area contributed by atoms with Crippen LogP contribution >= 0.6 is 0 Å². The SMILES string of the molecule is CNC(CCC1COc2ccccc21)C1CCCC1. The molecule has 2 atom stereocenters. The normalized spacial score (nSPS) is 24.2. The molecule has 2 aliphatic rings. The molecule has 19 heavy (non-hydrogen) atoms. The predicted molar refractivity (Wildman–Crippen MR) is 78.7 cm³/mol. The van der Waals surface area contributed by atoms with E-state index in [2.05, 4.69) is 36.6 Å². The molecule has 0 amide bonds. The molecule has 2 nitrogen and oxygen atoms in total. The van der Waals surface area contributed by atoms with E-state index in [1.165, 1.54) is 44.1 Å². The first-order chi connectivity index (χ1) is 9.38. The summed E-state index contributed by atoms with van der Waals surface area (Å²) in [4.78, 5) is 0. The third-order valence-electron chi connectivity index (χ3n) is 4.96. The fourth-order valence-corrected chi connectivity index (χ4v) is 3.82. The first kappa shape index (κ1) is 13.0. The van der Waals surface area contributed by atoms with Gasteiger partial charge >= 0.3 is 0 Å². The van der Waals surface area contributed by atoms with Crippen LogP contribution in [0.5, 0.6) is 5.75 Å². The summed E-state index contributed by atoms with van der Waals surface area (Å²) in [6.45, 7) is 0.875. The minimum Gasteiger partial charge on any atom is -0.493 e. The molecule has 104 valence electrons. The van der Waals surface area contributed by atoms with Gasteiger partial charge in [0, 0.05) is 17.5 Å². The summed E-state index contributed by atoms with van der Waals surface area (Å²) in [7, 11) is 2.13. The van der Waals surface area contributed by atoms with Crippen LogP contribution in [0, 0.1) is 5.92 Å². The minimum absolute atomic E-state index is 0.605. The van der Waals surface area contributed by atoms with Crippen molar-refractivity contribution >= 4 is 0 Å². The van der Waals surface area contributed by atoms with Crippen molar-refractivity contribution in [1.29, 1.82) is 0 Å². The van der Waals surface area contributed by atoms with Gasteiger partial charge in [-0.2, -0.15) is 0 Å². The molecule has 1 aliphatic heterocycles. The van der Waals surface area contributed by atoms with Crippen molar-refractivity contribution in [1.82, 2.24) is 5.32 Å². The lowest BCUT2D eigenvalue weighted by Gasteiger charge is -2.24. The van der Waals surface area contributed by atoms with Crippen LogP contribution < -0.4 is 10.1 Å². The van der Waals surface area contributed by atoms with Gasteiger partial charge in [-0.25, -0.2) is 0 Å². The maximum Gasteiger partial charge on any atom is 0.122 e. The highest BCUT2D eigenvalue weighted by molar-refractivity contribution is 5.39. The number of hydrogen-bond acceptors (Lipinski definition) is 2. The van der Waals surface area contributed by atoms with Crippen LogP contribution in [0.25, 0.3) is 0 Å². The van der Waals surface area contributed by atoms with Gasteiger partial charge in [0.2, 0.25) is 0 Å². The topological polar surface area (TPSA) is 21.3 Å². The van der Waals surface area contributed by atoms with Crippen LogP contribution in [-0.4, -0.2) is 19.7 Å². The zero-order chi connectivity index (χ0) is 13.1. The molecule has 1 N–H and O–H groups in total. The Hall–Kier alpha value is -1.02. The van der Waals surface area contributed by atoms with Gasteiger partial charge in [0.15, 0.2) is 0 Å². The summed E-state index contributed by atoms with van der Waals surface area (Å²) in [5.74, 6) is 2.62. The minimum atomic E-state index is 0.605. The monoisotopic (exact) mass is 259 g/mol. The molecule has 1 aromatic rings. The van der Waals surface area contributed by atoms with Gasteiger partial charge in [-0.15, -0.1) is 0 Å². The lowest BCUT2D eigenvalue weighted by Crippen LogP contribution is -2.32. The van der Waals surface area contributed by atoms with E-state index < -0.39 is 0 Å². The number of ether oxygens (including phenoxy) is 1. The Balaban J connectivity index is 1.57. The van der Waals surface area contributed by atoms with E-state index in [1.807, 2.05) is 0 Å². The third kappa shape index (κ3) is 2.79. The van der Waals surface area contributed by atoms with Gasteiger partial charge in [-0.3, -0.25) is 0 Å². The van der Waals surface area contributed by atoms with Crippen molar-refractivity contribution in [3.05, 3.63) is 29.8 Å². The number of hydrogen-bond donors (Lipinski definition) is 1. The molecule has 0 bridgehead atoms. The van der Waals surface area contributed by atoms with Crippen LogP contribution in [-0.2, 0) is 0 Å². The number of nitrogens with one attached hydrogen (secondary N) is 1.